The number of likely N-dealkylation sites (tertiary alicyclic amines) is 1. The van der Waals surface area contributed by atoms with Crippen molar-refractivity contribution in [2.24, 2.45) is 5.92 Å². The molecule has 2 fully saturated rings. The number of aromatic amines is 1. The average molecular weight is 675 g/mol. The molecular formula is C35H39ClN4O6Si. The summed E-state index contributed by atoms with van der Waals surface area (Å²) in [4.78, 5) is 56.5. The van der Waals surface area contributed by atoms with Crippen LogP contribution in [0.5, 0.6) is 0 Å². The lowest BCUT2D eigenvalue weighted by Gasteiger charge is -2.32. The van der Waals surface area contributed by atoms with E-state index in [2.05, 4.69) is 5.10 Å². The van der Waals surface area contributed by atoms with Crippen LogP contribution in [0.4, 0.5) is 5.69 Å². The summed E-state index contributed by atoms with van der Waals surface area (Å²) in [6.45, 7) is 6.26. The second kappa shape index (κ2) is 11.7. The number of rotatable bonds is 7. The van der Waals surface area contributed by atoms with Crippen LogP contribution < -0.4 is 10.5 Å². The van der Waals surface area contributed by atoms with Crippen molar-refractivity contribution in [3.63, 3.8) is 0 Å². The fourth-order valence-corrected chi connectivity index (χ4v) is 11.0. The van der Waals surface area contributed by atoms with Gasteiger partial charge in [-0.05, 0) is 74.0 Å². The lowest BCUT2D eigenvalue weighted by molar-refractivity contribution is -0.150. The van der Waals surface area contributed by atoms with E-state index in [4.69, 9.17) is 16.3 Å². The van der Waals surface area contributed by atoms with Crippen LogP contribution in [0, 0.1) is 5.92 Å². The molecule has 0 radical (unpaired) electrons. The van der Waals surface area contributed by atoms with Gasteiger partial charge in [-0.15, -0.1) is 0 Å². The average Bonchev–Trinajstić information content (AvgIpc) is 3.78. The molecule has 2 saturated heterocycles. The van der Waals surface area contributed by atoms with E-state index in [1.165, 1.54) is 4.68 Å². The van der Waals surface area contributed by atoms with E-state index in [1.807, 2.05) is 68.5 Å². The van der Waals surface area contributed by atoms with Gasteiger partial charge in [0, 0.05) is 28.6 Å². The van der Waals surface area contributed by atoms with Crippen molar-refractivity contribution in [2.75, 3.05) is 18.1 Å². The normalized spacial score (nSPS) is 25.8. The number of benzene rings is 3. The van der Waals surface area contributed by atoms with Gasteiger partial charge in [0.05, 0.1) is 54.0 Å². The van der Waals surface area contributed by atoms with Crippen molar-refractivity contribution in [1.82, 2.24) is 14.7 Å². The van der Waals surface area contributed by atoms with Crippen LogP contribution >= 0.6 is 11.6 Å². The number of amides is 2. The third-order valence-electron chi connectivity index (χ3n) is 10.3. The molecule has 4 aromatic rings. The Morgan fingerprint density at radius 3 is 2.64 bits per heavy atom. The Labute approximate surface area is 278 Å². The molecule has 1 spiro atoms. The Bertz CT molecular complexity index is 1940. The van der Waals surface area contributed by atoms with Gasteiger partial charge in [-0.25, -0.2) is 4.68 Å². The molecule has 4 heterocycles. The highest BCUT2D eigenvalue weighted by Gasteiger charge is 2.66. The molecule has 7 rings (SSSR count). The highest BCUT2D eigenvalue weighted by molar-refractivity contribution is 6.71. The number of carbonyl (C=O) groups is 2. The van der Waals surface area contributed by atoms with Gasteiger partial charge in [-0.3, -0.25) is 19.5 Å². The molecule has 0 aliphatic carbocycles. The third-order valence-corrected chi connectivity index (χ3v) is 13.1. The summed E-state index contributed by atoms with van der Waals surface area (Å²) < 4.78 is 8.33. The van der Waals surface area contributed by atoms with Gasteiger partial charge >= 0.3 is 0 Å². The summed E-state index contributed by atoms with van der Waals surface area (Å²) in [7, 11) is -2.99. The largest absolute Gasteiger partial charge is 0.432 e. The van der Waals surface area contributed by atoms with Gasteiger partial charge in [-0.1, -0.05) is 42.8 Å². The van der Waals surface area contributed by atoms with Crippen LogP contribution in [-0.4, -0.2) is 70.0 Å². The first kappa shape index (κ1) is 31.8. The zero-order valence-electron chi connectivity index (χ0n) is 26.6. The summed E-state index contributed by atoms with van der Waals surface area (Å²) in [6.07, 6.45) is 0.876. The van der Waals surface area contributed by atoms with Crippen molar-refractivity contribution < 1.29 is 24.2 Å². The molecule has 10 nitrogen and oxygen atoms in total. The third kappa shape index (κ3) is 5.16. The molecule has 0 unspecified atom stereocenters. The molecule has 3 N–H and O–H groups in total. The summed E-state index contributed by atoms with van der Waals surface area (Å²) in [5.74, 6) is -0.870. The number of hydrogen-bond donors (Lipinski definition) is 3. The molecule has 0 bridgehead atoms. The van der Waals surface area contributed by atoms with Crippen LogP contribution in [0.25, 0.3) is 16.6 Å². The monoisotopic (exact) mass is 674 g/mol. The second-order valence-corrected chi connectivity index (χ2v) is 18.1. The van der Waals surface area contributed by atoms with Crippen molar-refractivity contribution in [3.8, 4) is 5.69 Å². The Morgan fingerprint density at radius 1 is 1.11 bits per heavy atom. The minimum Gasteiger partial charge on any atom is -0.432 e. The molecule has 1 aromatic heterocycles. The van der Waals surface area contributed by atoms with Crippen LogP contribution in [0.2, 0.25) is 23.7 Å². The molecule has 3 aliphatic heterocycles. The molecule has 2 amide bonds. The SMILES string of the molecule is C[C@@H]1[C@@H]([Si](C)(C)O)[C@H](CC(=O)N2CCC[C@H]2CO)O[C@@]12C(=O)N(Cc1cccc(-n3[nH]c4ccccc4c3=O)c1)c1ccc(Cl)cc12. The number of fused-ring (bicyclic) bond motifs is 3. The maximum absolute atomic E-state index is 14.8. The highest BCUT2D eigenvalue weighted by Crippen LogP contribution is 2.60. The van der Waals surface area contributed by atoms with Crippen molar-refractivity contribution in [1.29, 1.82) is 0 Å². The van der Waals surface area contributed by atoms with Gasteiger partial charge in [0.15, 0.2) is 13.9 Å². The van der Waals surface area contributed by atoms with Crippen LogP contribution in [0.3, 0.4) is 0 Å². The summed E-state index contributed by atoms with van der Waals surface area (Å²) >= 11 is 6.54. The Hall–Kier alpha value is -3.74. The first-order chi connectivity index (χ1) is 22.4. The Balaban J connectivity index is 1.24. The zero-order valence-corrected chi connectivity index (χ0v) is 28.4. The predicted molar refractivity (Wildman–Crippen MR) is 182 cm³/mol. The van der Waals surface area contributed by atoms with E-state index in [-0.39, 0.29) is 43.0 Å². The minimum absolute atomic E-state index is 0.00865. The standard InChI is InChI=1S/C35H39ClN4O6Si/c1-21-32(47(2,3)45)30(18-31(42)38-15-7-10-25(38)20-41)46-35(21)27-17-23(36)13-14-29(27)39(34(35)44)19-22-8-6-9-24(16-22)40-33(43)26-11-4-5-12-28(26)37-40/h4-6,8-9,11-14,16-17,21,25,30,32,37,41,45H,7,10,15,18-20H2,1-3H3/t21-,25+,30+,32-,35+/m1/s1. The summed E-state index contributed by atoms with van der Waals surface area (Å²) in [6, 6.07) is 19.9. The number of hydrogen-bond acceptors (Lipinski definition) is 6. The minimum atomic E-state index is -2.99. The van der Waals surface area contributed by atoms with Crippen molar-refractivity contribution in [3.05, 3.63) is 93.2 Å². The van der Waals surface area contributed by atoms with Gasteiger partial charge < -0.3 is 24.4 Å². The molecular weight excluding hydrogens is 636 g/mol. The second-order valence-electron chi connectivity index (χ2n) is 13.7. The molecule has 3 aliphatic rings. The van der Waals surface area contributed by atoms with E-state index < -0.39 is 31.5 Å². The quantitative estimate of drug-likeness (QED) is 0.244. The zero-order chi connectivity index (χ0) is 33.2. The first-order valence-corrected chi connectivity index (χ1v) is 19.6. The number of nitrogens with one attached hydrogen (secondary N) is 1. The highest BCUT2D eigenvalue weighted by atomic mass is 35.5. The smallest absolute Gasteiger partial charge is 0.279 e. The van der Waals surface area contributed by atoms with Gasteiger partial charge in [0.1, 0.15) is 0 Å². The van der Waals surface area contributed by atoms with Crippen LogP contribution in [0.15, 0.2) is 71.5 Å². The number of carbonyl (C=O) groups excluding carboxylic acids is 2. The van der Waals surface area contributed by atoms with E-state index in [0.29, 0.717) is 33.9 Å². The number of aliphatic hydroxyl groups excluding tert-OH is 1. The molecule has 3 aromatic carbocycles. The molecule has 12 heteroatoms. The molecule has 5 atom stereocenters. The number of nitrogens with zero attached hydrogens (tertiary/aromatic N) is 3. The molecule has 47 heavy (non-hydrogen) atoms. The molecule has 0 saturated carbocycles. The van der Waals surface area contributed by atoms with E-state index >= 15 is 0 Å². The topological polar surface area (TPSA) is 128 Å². The van der Waals surface area contributed by atoms with E-state index in [9.17, 15) is 24.3 Å². The number of halogens is 1. The number of ether oxygens (including phenoxy) is 1. The lowest BCUT2D eigenvalue weighted by atomic mass is 9.82. The van der Waals surface area contributed by atoms with Crippen molar-refractivity contribution >= 4 is 48.3 Å². The number of aliphatic hydroxyl groups is 1. The Kier molecular flexibility index (Phi) is 7.96. The number of aromatic nitrogens is 2. The summed E-state index contributed by atoms with van der Waals surface area (Å²) in [5, 5.41) is 14.1. The predicted octanol–water partition coefficient (Wildman–Crippen LogP) is 4.69. The van der Waals surface area contributed by atoms with Gasteiger partial charge in [0.2, 0.25) is 5.91 Å². The van der Waals surface area contributed by atoms with Gasteiger partial charge in [-0.2, -0.15) is 0 Å². The fourth-order valence-electron chi connectivity index (χ4n) is 8.27. The van der Waals surface area contributed by atoms with E-state index in [1.54, 1.807) is 28.0 Å². The summed E-state index contributed by atoms with van der Waals surface area (Å²) in [5.41, 5.74) is 1.41. The number of para-hydroxylation sites is 1. The molecule has 246 valence electrons. The number of H-pyrrole nitrogens is 1. The number of anilines is 1. The van der Waals surface area contributed by atoms with Crippen LogP contribution in [0.1, 0.15) is 37.3 Å². The van der Waals surface area contributed by atoms with Crippen LogP contribution in [-0.2, 0) is 26.5 Å². The van der Waals surface area contributed by atoms with Crippen molar-refractivity contribution in [2.45, 2.75) is 69.1 Å². The lowest BCUT2D eigenvalue weighted by Crippen LogP contribution is -2.46. The van der Waals surface area contributed by atoms with Gasteiger partial charge in [0.25, 0.3) is 11.5 Å². The maximum atomic E-state index is 14.8. The Morgan fingerprint density at radius 2 is 1.89 bits per heavy atom. The maximum Gasteiger partial charge on any atom is 0.279 e. The van der Waals surface area contributed by atoms with E-state index in [0.717, 1.165) is 23.9 Å². The first-order valence-electron chi connectivity index (χ1n) is 16.2. The fraction of sp³-hybridized carbons (Fsp3) is 0.400.